The molecular weight excluding hydrogens is 457 g/mol. The molecule has 2 aromatic carbocycles. The monoisotopic (exact) mass is 481 g/mol. The lowest BCUT2D eigenvalue weighted by Crippen LogP contribution is -2.49. The lowest BCUT2D eigenvalue weighted by molar-refractivity contribution is 0.384. The average Bonchev–Trinajstić information content (AvgIpc) is 3.29. The van der Waals surface area contributed by atoms with Crippen molar-refractivity contribution in [2.45, 2.75) is 24.7 Å². The van der Waals surface area contributed by atoms with Crippen LogP contribution in [-0.4, -0.2) is 54.0 Å². The van der Waals surface area contributed by atoms with Crippen molar-refractivity contribution in [3.8, 4) is 11.3 Å². The van der Waals surface area contributed by atoms with Crippen molar-refractivity contribution >= 4 is 26.9 Å². The summed E-state index contributed by atoms with van der Waals surface area (Å²) in [5.41, 5.74) is 1.98. The van der Waals surface area contributed by atoms with Crippen molar-refractivity contribution in [1.82, 2.24) is 19.4 Å². The number of piperazine rings is 1. The fraction of sp³-hybridized carbons (Fsp3) is 0.292. The molecule has 0 unspecified atom stereocenters. The van der Waals surface area contributed by atoms with Crippen LogP contribution in [-0.2, 0) is 16.4 Å². The number of aryl methyl sites for hydroxylation is 1. The van der Waals surface area contributed by atoms with Crippen LogP contribution in [0.15, 0.2) is 64.0 Å². The van der Waals surface area contributed by atoms with E-state index in [0.717, 1.165) is 29.5 Å². The smallest absolute Gasteiger partial charge is 0.263 e. The summed E-state index contributed by atoms with van der Waals surface area (Å²) in [6.45, 7) is 3.50. The maximum absolute atomic E-state index is 13.3. The molecule has 5 rings (SSSR count). The molecule has 0 amide bonds. The largest absolute Gasteiger partial charge is 0.353 e. The van der Waals surface area contributed by atoms with E-state index in [0.29, 0.717) is 42.6 Å². The lowest BCUT2D eigenvalue weighted by Gasteiger charge is -2.35. The van der Waals surface area contributed by atoms with Crippen LogP contribution in [0.1, 0.15) is 19.2 Å². The average molecular weight is 482 g/mol. The minimum absolute atomic E-state index is 0.0856. The molecule has 1 fully saturated rings. The van der Waals surface area contributed by atoms with Gasteiger partial charge in [0.25, 0.3) is 5.71 Å². The van der Waals surface area contributed by atoms with Gasteiger partial charge in [0, 0.05) is 38.2 Å². The van der Waals surface area contributed by atoms with Crippen molar-refractivity contribution in [2.24, 2.45) is 0 Å². The summed E-state index contributed by atoms with van der Waals surface area (Å²) in [4.78, 5) is 11.5. The molecule has 0 atom stereocenters. The van der Waals surface area contributed by atoms with Gasteiger partial charge in [-0.2, -0.15) is 9.29 Å². The van der Waals surface area contributed by atoms with Crippen LogP contribution in [0.4, 0.5) is 10.2 Å². The fourth-order valence-corrected chi connectivity index (χ4v) is 5.56. The second kappa shape index (κ2) is 9.11. The molecule has 0 spiro atoms. The molecule has 0 N–H and O–H groups in total. The Labute approximate surface area is 197 Å². The number of hydrogen-bond acceptors (Lipinski definition) is 7. The normalized spacial score (nSPS) is 15.2. The van der Waals surface area contributed by atoms with Crippen LogP contribution >= 0.6 is 0 Å². The third-order valence-electron chi connectivity index (χ3n) is 5.87. The van der Waals surface area contributed by atoms with Crippen molar-refractivity contribution in [1.29, 1.82) is 0 Å². The van der Waals surface area contributed by atoms with Crippen LogP contribution in [0.3, 0.4) is 0 Å². The summed E-state index contributed by atoms with van der Waals surface area (Å²) in [6, 6.07) is 14.6. The summed E-state index contributed by atoms with van der Waals surface area (Å²) in [5.74, 6) is 0.900. The van der Waals surface area contributed by atoms with E-state index in [1.807, 2.05) is 30.3 Å². The van der Waals surface area contributed by atoms with Gasteiger partial charge in [0.1, 0.15) is 28.5 Å². The van der Waals surface area contributed by atoms with E-state index >= 15 is 0 Å². The van der Waals surface area contributed by atoms with Crippen LogP contribution < -0.4 is 4.90 Å². The Morgan fingerprint density at radius 2 is 1.68 bits per heavy atom. The van der Waals surface area contributed by atoms with Crippen LogP contribution in [0.2, 0.25) is 0 Å². The van der Waals surface area contributed by atoms with E-state index in [9.17, 15) is 12.8 Å². The molecule has 1 aliphatic rings. The third kappa shape index (κ3) is 4.14. The Hall–Kier alpha value is -3.37. The van der Waals surface area contributed by atoms with Gasteiger partial charge in [0.05, 0.1) is 4.90 Å². The molecular formula is C24H24FN5O3S. The zero-order valence-corrected chi connectivity index (χ0v) is 19.5. The van der Waals surface area contributed by atoms with Crippen molar-refractivity contribution < 1.29 is 17.3 Å². The first-order chi connectivity index (χ1) is 16.5. The van der Waals surface area contributed by atoms with Crippen LogP contribution in [0.5, 0.6) is 0 Å². The summed E-state index contributed by atoms with van der Waals surface area (Å²) < 4.78 is 46.3. The number of hydrogen-bond donors (Lipinski definition) is 0. The molecule has 8 nitrogen and oxygen atoms in total. The van der Waals surface area contributed by atoms with Gasteiger partial charge < -0.3 is 9.42 Å². The highest BCUT2D eigenvalue weighted by Crippen LogP contribution is 2.34. The minimum Gasteiger partial charge on any atom is -0.353 e. The summed E-state index contributed by atoms with van der Waals surface area (Å²) >= 11 is 0. The van der Waals surface area contributed by atoms with Gasteiger partial charge >= 0.3 is 0 Å². The van der Waals surface area contributed by atoms with Gasteiger partial charge in [0.15, 0.2) is 0 Å². The predicted molar refractivity (Wildman–Crippen MR) is 126 cm³/mol. The zero-order chi connectivity index (χ0) is 23.7. The SMILES string of the molecule is CCCc1nc(N2CCN(S(=O)(=O)c3ccc(F)cc3)CC2)c2c(-c3ccccc3)noc2n1. The van der Waals surface area contributed by atoms with Gasteiger partial charge in [-0.1, -0.05) is 42.4 Å². The number of fused-ring (bicyclic) bond motifs is 1. The van der Waals surface area contributed by atoms with Gasteiger partial charge in [0.2, 0.25) is 10.0 Å². The van der Waals surface area contributed by atoms with Crippen molar-refractivity contribution in [3.05, 3.63) is 66.2 Å². The predicted octanol–water partition coefficient (Wildman–Crippen LogP) is 3.89. The Kier molecular flexibility index (Phi) is 6.01. The van der Waals surface area contributed by atoms with E-state index in [4.69, 9.17) is 9.51 Å². The second-order valence-corrected chi connectivity index (χ2v) is 10.1. The molecule has 2 aromatic heterocycles. The molecule has 0 radical (unpaired) electrons. The highest BCUT2D eigenvalue weighted by atomic mass is 32.2. The highest BCUT2D eigenvalue weighted by molar-refractivity contribution is 7.89. The highest BCUT2D eigenvalue weighted by Gasteiger charge is 2.31. The van der Waals surface area contributed by atoms with E-state index in [-0.39, 0.29) is 18.0 Å². The fourth-order valence-electron chi connectivity index (χ4n) is 4.13. The molecule has 0 bridgehead atoms. The molecule has 0 saturated carbocycles. The number of sulfonamides is 1. The van der Waals surface area contributed by atoms with E-state index in [1.54, 1.807) is 0 Å². The van der Waals surface area contributed by atoms with Crippen LogP contribution in [0.25, 0.3) is 22.4 Å². The maximum Gasteiger partial charge on any atom is 0.263 e. The van der Waals surface area contributed by atoms with Crippen molar-refractivity contribution in [3.63, 3.8) is 0 Å². The molecule has 34 heavy (non-hydrogen) atoms. The maximum atomic E-state index is 13.3. The van der Waals surface area contributed by atoms with E-state index < -0.39 is 15.8 Å². The number of anilines is 1. The van der Waals surface area contributed by atoms with E-state index in [1.165, 1.54) is 16.4 Å². The Balaban J connectivity index is 1.47. The first kappa shape index (κ1) is 22.4. The second-order valence-electron chi connectivity index (χ2n) is 8.14. The molecule has 176 valence electrons. The number of rotatable bonds is 6. The van der Waals surface area contributed by atoms with Gasteiger partial charge in [-0.05, 0) is 30.7 Å². The van der Waals surface area contributed by atoms with E-state index in [2.05, 4.69) is 22.0 Å². The number of aromatic nitrogens is 3. The van der Waals surface area contributed by atoms with Gasteiger partial charge in [-0.25, -0.2) is 17.8 Å². The van der Waals surface area contributed by atoms with Crippen LogP contribution in [0, 0.1) is 5.82 Å². The molecule has 3 heterocycles. The summed E-state index contributed by atoms with van der Waals surface area (Å²) in [7, 11) is -3.71. The van der Waals surface area contributed by atoms with Crippen molar-refractivity contribution in [2.75, 3.05) is 31.1 Å². The number of nitrogens with zero attached hydrogens (tertiary/aromatic N) is 5. The lowest BCUT2D eigenvalue weighted by atomic mass is 10.1. The number of halogens is 1. The molecule has 4 aromatic rings. The quantitative estimate of drug-likeness (QED) is 0.413. The molecule has 0 aliphatic carbocycles. The van der Waals surface area contributed by atoms with Gasteiger partial charge in [-0.15, -0.1) is 0 Å². The Morgan fingerprint density at radius 3 is 2.35 bits per heavy atom. The third-order valence-corrected chi connectivity index (χ3v) is 7.79. The van der Waals surface area contributed by atoms with Gasteiger partial charge in [-0.3, -0.25) is 0 Å². The minimum atomic E-state index is -3.71. The molecule has 1 saturated heterocycles. The summed E-state index contributed by atoms with van der Waals surface area (Å²) in [5, 5.41) is 5.01. The Bertz CT molecular complexity index is 1400. The standard InChI is InChI=1S/C24H24FN5O3S/c1-2-6-20-26-23(21-22(28-33-24(21)27-20)17-7-4-3-5-8-17)29-13-15-30(16-14-29)34(31,32)19-11-9-18(25)10-12-19/h3-5,7-12H,2,6,13-16H2,1H3. The topological polar surface area (TPSA) is 92.4 Å². The first-order valence-corrected chi connectivity index (χ1v) is 12.6. The molecule has 10 heteroatoms. The Morgan fingerprint density at radius 1 is 0.971 bits per heavy atom. The first-order valence-electron chi connectivity index (χ1n) is 11.2. The zero-order valence-electron chi connectivity index (χ0n) is 18.7. The summed E-state index contributed by atoms with van der Waals surface area (Å²) in [6.07, 6.45) is 1.58. The molecule has 1 aliphatic heterocycles. The number of benzene rings is 2.